The van der Waals surface area contributed by atoms with Crippen molar-refractivity contribution in [3.8, 4) is 0 Å². The number of benzene rings is 4. The zero-order valence-corrected chi connectivity index (χ0v) is 35.5. The van der Waals surface area contributed by atoms with Crippen LogP contribution >= 0.6 is 0 Å². The van der Waals surface area contributed by atoms with Gasteiger partial charge in [0, 0.05) is 33.7 Å². The van der Waals surface area contributed by atoms with Crippen LogP contribution in [0.2, 0.25) is 0 Å². The van der Waals surface area contributed by atoms with Crippen molar-refractivity contribution in [3.63, 3.8) is 0 Å². The lowest BCUT2D eigenvalue weighted by atomic mass is 9.83. The summed E-state index contributed by atoms with van der Waals surface area (Å²) in [7, 11) is 0. The predicted molar refractivity (Wildman–Crippen MR) is 250 cm³/mol. The molecule has 4 aliphatic rings. The van der Waals surface area contributed by atoms with Crippen molar-refractivity contribution in [3.05, 3.63) is 228 Å². The van der Waals surface area contributed by atoms with E-state index in [2.05, 4.69) is 176 Å². The summed E-state index contributed by atoms with van der Waals surface area (Å²) in [5.41, 5.74) is 24.7. The number of aliphatic imine (C=N–C) groups is 3. The molecule has 0 saturated heterocycles. The molecule has 4 aromatic carbocycles. The van der Waals surface area contributed by atoms with Crippen LogP contribution in [0.15, 0.2) is 165 Å². The van der Waals surface area contributed by atoms with E-state index >= 15 is 0 Å². The van der Waals surface area contributed by atoms with Crippen LogP contribution in [0.25, 0.3) is 16.7 Å². The third kappa shape index (κ3) is 6.51. The number of fused-ring (bicyclic) bond motifs is 5. The van der Waals surface area contributed by atoms with Crippen molar-refractivity contribution in [2.45, 2.75) is 61.3 Å². The third-order valence-electron chi connectivity index (χ3n) is 12.3. The van der Waals surface area contributed by atoms with Gasteiger partial charge >= 0.3 is 0 Å². The van der Waals surface area contributed by atoms with Gasteiger partial charge in [-0.05, 0) is 177 Å². The molecule has 294 valence electrons. The van der Waals surface area contributed by atoms with Gasteiger partial charge in [0.25, 0.3) is 0 Å². The van der Waals surface area contributed by atoms with Crippen LogP contribution < -0.4 is 0 Å². The average molecular weight is 781 g/mol. The van der Waals surface area contributed by atoms with Crippen LogP contribution in [0, 0.1) is 55.4 Å². The maximum atomic E-state index is 12.0. The Morgan fingerprint density at radius 2 is 0.983 bits per heavy atom. The molecule has 5 nitrogen and oxygen atoms in total. The van der Waals surface area contributed by atoms with E-state index in [1.54, 1.807) is 6.08 Å². The quantitative estimate of drug-likeness (QED) is 0.135. The fourth-order valence-corrected chi connectivity index (χ4v) is 9.60. The first-order chi connectivity index (χ1) is 29.0. The number of hydrogen-bond donors (Lipinski definition) is 1. The number of aryl methyl sites for hydroxylation is 8. The van der Waals surface area contributed by atoms with Gasteiger partial charge in [-0.1, -0.05) is 72.8 Å². The maximum Gasteiger partial charge on any atom is 0.142 e. The van der Waals surface area contributed by atoms with Crippen LogP contribution in [0.5, 0.6) is 0 Å². The Balaban J connectivity index is 1.46. The zero-order valence-electron chi connectivity index (χ0n) is 35.5. The SMILES string of the molecule is Cc1cccc(C)c1C1=C2C=CC(=N2)C(c2c(C)cccc2C)C2=N/C(=C(/c3c(C)cccc3C)c3ccc([nH]3)C(c3c(C)cccc3C)=C3C=CC1=N3)C(/C=C/C=O)=C2. The van der Waals surface area contributed by atoms with E-state index in [1.807, 2.05) is 6.08 Å². The molecule has 0 amide bonds. The molecule has 60 heavy (non-hydrogen) atoms. The molecule has 0 radical (unpaired) electrons. The van der Waals surface area contributed by atoms with Crippen molar-refractivity contribution in [2.24, 2.45) is 15.0 Å². The molecule has 0 fully saturated rings. The summed E-state index contributed by atoms with van der Waals surface area (Å²) in [4.78, 5) is 32.8. The number of carbonyl (C=O) groups excluding carboxylic acids is 1. The molecule has 0 spiro atoms. The second-order valence-electron chi connectivity index (χ2n) is 16.4. The van der Waals surface area contributed by atoms with Gasteiger partial charge in [-0.15, -0.1) is 0 Å². The number of carbonyl (C=O) groups is 1. The van der Waals surface area contributed by atoms with Crippen molar-refractivity contribution in [2.75, 3.05) is 0 Å². The molecule has 8 bridgehead atoms. The molecule has 9 rings (SSSR count). The summed E-state index contributed by atoms with van der Waals surface area (Å²) in [6, 6.07) is 30.2. The number of aldehydes is 1. The van der Waals surface area contributed by atoms with E-state index in [1.165, 1.54) is 16.7 Å². The smallest absolute Gasteiger partial charge is 0.142 e. The van der Waals surface area contributed by atoms with Gasteiger partial charge < -0.3 is 4.98 Å². The normalized spacial score (nSPS) is 18.4. The lowest BCUT2D eigenvalue weighted by molar-refractivity contribution is -0.104. The first kappa shape index (κ1) is 38.5. The molecule has 0 aliphatic carbocycles. The van der Waals surface area contributed by atoms with Crippen LogP contribution in [-0.4, -0.2) is 28.4 Å². The minimum absolute atomic E-state index is 0.297. The summed E-state index contributed by atoms with van der Waals surface area (Å²) in [5.74, 6) is -0.297. The van der Waals surface area contributed by atoms with Crippen LogP contribution in [0.4, 0.5) is 0 Å². The number of nitrogens with one attached hydrogen (secondary N) is 1. The third-order valence-corrected chi connectivity index (χ3v) is 12.3. The zero-order chi connectivity index (χ0) is 41.8. The Morgan fingerprint density at radius 3 is 1.55 bits per heavy atom. The number of H-pyrrole nitrogens is 1. The fourth-order valence-electron chi connectivity index (χ4n) is 9.60. The minimum Gasteiger partial charge on any atom is -0.354 e. The number of rotatable bonds is 6. The Bertz CT molecular complexity index is 2930. The maximum absolute atomic E-state index is 12.0. The molecule has 5 heterocycles. The van der Waals surface area contributed by atoms with Crippen molar-refractivity contribution in [1.82, 2.24) is 4.98 Å². The highest BCUT2D eigenvalue weighted by atomic mass is 16.1. The van der Waals surface area contributed by atoms with Gasteiger partial charge in [0.2, 0.25) is 0 Å². The van der Waals surface area contributed by atoms with E-state index < -0.39 is 0 Å². The molecule has 1 aromatic heterocycles. The molecule has 1 unspecified atom stereocenters. The second kappa shape index (κ2) is 15.3. The van der Waals surface area contributed by atoms with Crippen LogP contribution in [-0.2, 0) is 4.79 Å². The topological polar surface area (TPSA) is 69.9 Å². The summed E-state index contributed by atoms with van der Waals surface area (Å²) in [6.45, 7) is 17.4. The van der Waals surface area contributed by atoms with Crippen molar-refractivity contribution < 1.29 is 4.79 Å². The largest absolute Gasteiger partial charge is 0.354 e. The second-order valence-corrected chi connectivity index (χ2v) is 16.4. The number of nitrogens with zero attached hydrogens (tertiary/aromatic N) is 3. The summed E-state index contributed by atoms with van der Waals surface area (Å²) in [6.07, 6.45) is 15.1. The van der Waals surface area contributed by atoms with Crippen molar-refractivity contribution in [1.29, 1.82) is 0 Å². The molecular formula is C55H48N4O. The van der Waals surface area contributed by atoms with E-state index in [4.69, 9.17) is 15.0 Å². The predicted octanol–water partition coefficient (Wildman–Crippen LogP) is 12.4. The van der Waals surface area contributed by atoms with Crippen LogP contribution in [0.3, 0.4) is 0 Å². The fraction of sp³-hybridized carbons (Fsp3) is 0.164. The van der Waals surface area contributed by atoms with Gasteiger partial charge in [-0.25, -0.2) is 4.99 Å². The highest BCUT2D eigenvalue weighted by Gasteiger charge is 2.34. The standard InChI is InChI=1S/C55H48N4O/c1-31-14-9-15-32(2)47(31)51-40-23-24-41(56-40)52(48-33(3)16-10-17-34(48)4)43-27-28-45(58-43)54(50-37(7)20-12-21-38(50)8)55-39(22-13-29-60)30-46(59-55)53(44-26-25-42(51)57-44)49-35(5)18-11-19-36(49)6/h9-30,53,58H,1-8H3/b22-13+,51-42?,52-41?,55-54+. The number of allylic oxidation sites excluding steroid dienone is 8. The Labute approximate surface area is 353 Å². The van der Waals surface area contributed by atoms with E-state index in [9.17, 15) is 4.79 Å². The van der Waals surface area contributed by atoms with Gasteiger partial charge in [0.1, 0.15) is 6.29 Å². The number of aromatic nitrogens is 1. The van der Waals surface area contributed by atoms with Crippen molar-refractivity contribution >= 4 is 40.1 Å². The summed E-state index contributed by atoms with van der Waals surface area (Å²) >= 11 is 0. The monoisotopic (exact) mass is 780 g/mol. The van der Waals surface area contributed by atoms with Gasteiger partial charge in [-0.3, -0.25) is 14.8 Å². The van der Waals surface area contributed by atoms with E-state index in [-0.39, 0.29) is 5.92 Å². The molecule has 0 saturated carbocycles. The average Bonchev–Trinajstić information content (AvgIpc) is 4.05. The van der Waals surface area contributed by atoms with Gasteiger partial charge in [-0.2, -0.15) is 0 Å². The molecule has 4 aliphatic heterocycles. The summed E-state index contributed by atoms with van der Waals surface area (Å²) < 4.78 is 0. The Morgan fingerprint density at radius 1 is 0.500 bits per heavy atom. The lowest BCUT2D eigenvalue weighted by Gasteiger charge is -2.21. The molecule has 1 atom stereocenters. The summed E-state index contributed by atoms with van der Waals surface area (Å²) in [5, 5.41) is 0. The number of hydrogen-bond acceptors (Lipinski definition) is 4. The number of aromatic amines is 1. The minimum atomic E-state index is -0.297. The van der Waals surface area contributed by atoms with Gasteiger partial charge in [0.15, 0.2) is 0 Å². The molecule has 1 N–H and O–H groups in total. The van der Waals surface area contributed by atoms with E-state index in [0.29, 0.717) is 0 Å². The van der Waals surface area contributed by atoms with E-state index in [0.717, 1.165) is 124 Å². The first-order valence-corrected chi connectivity index (χ1v) is 20.7. The highest BCUT2D eigenvalue weighted by molar-refractivity contribution is 6.33. The molecular weight excluding hydrogens is 733 g/mol. The highest BCUT2D eigenvalue weighted by Crippen LogP contribution is 2.44. The first-order valence-electron chi connectivity index (χ1n) is 20.7. The van der Waals surface area contributed by atoms with Gasteiger partial charge in [0.05, 0.1) is 40.1 Å². The molecule has 5 aromatic rings. The van der Waals surface area contributed by atoms with Crippen LogP contribution in [0.1, 0.15) is 84.1 Å². The Kier molecular flexibility index (Phi) is 9.84. The molecule has 5 heteroatoms. The Hall–Kier alpha value is -6.98. The lowest BCUT2D eigenvalue weighted by Crippen LogP contribution is -2.20.